The average molecular weight is 293 g/mol. The van der Waals surface area contributed by atoms with Crippen LogP contribution >= 0.6 is 0 Å². The van der Waals surface area contributed by atoms with Gasteiger partial charge in [-0.05, 0) is 36.4 Å². The highest BCUT2D eigenvalue weighted by atomic mass is 16.3. The van der Waals surface area contributed by atoms with Crippen LogP contribution in [-0.4, -0.2) is 24.3 Å². The first-order valence-electron chi connectivity index (χ1n) is 8.32. The third-order valence-corrected chi connectivity index (χ3v) is 5.80. The molecule has 0 amide bonds. The van der Waals surface area contributed by atoms with Crippen molar-refractivity contribution in [1.82, 2.24) is 5.32 Å². The van der Waals surface area contributed by atoms with Gasteiger partial charge >= 0.3 is 0 Å². The van der Waals surface area contributed by atoms with Gasteiger partial charge in [0.05, 0.1) is 6.10 Å². The van der Waals surface area contributed by atoms with Gasteiger partial charge < -0.3 is 10.4 Å². The number of aliphatic hydroxyl groups is 1. The molecule has 4 rings (SSSR count). The Labute approximate surface area is 132 Å². The highest BCUT2D eigenvalue weighted by molar-refractivity contribution is 5.42. The van der Waals surface area contributed by atoms with E-state index in [1.807, 2.05) is 0 Å². The van der Waals surface area contributed by atoms with Crippen molar-refractivity contribution < 1.29 is 5.11 Å². The van der Waals surface area contributed by atoms with Crippen LogP contribution in [0, 0.1) is 11.8 Å². The van der Waals surface area contributed by atoms with Gasteiger partial charge in [0.2, 0.25) is 0 Å². The van der Waals surface area contributed by atoms with Crippen LogP contribution in [-0.2, 0) is 5.41 Å². The quantitative estimate of drug-likeness (QED) is 0.892. The fraction of sp³-hybridized carbons (Fsp3) is 0.400. The normalized spacial score (nSPS) is 30.0. The summed E-state index contributed by atoms with van der Waals surface area (Å²) in [7, 11) is 0. The van der Waals surface area contributed by atoms with E-state index in [1.54, 1.807) is 0 Å². The maximum atomic E-state index is 10.5. The molecule has 1 aliphatic heterocycles. The van der Waals surface area contributed by atoms with Gasteiger partial charge in [-0.25, -0.2) is 0 Å². The standard InChI is InChI=1S/C20H23NO/c22-19-11-12-20(15-7-3-1-4-8-15,16-9-5-2-6-10-16)18-14-21-13-17(18)19/h1-10,17-19,21-22H,11-14H2/t17?,18-,19?/m1/s1. The molecule has 1 saturated carbocycles. The first kappa shape index (κ1) is 14.0. The van der Waals surface area contributed by atoms with Gasteiger partial charge in [0.15, 0.2) is 0 Å². The molecule has 0 radical (unpaired) electrons. The molecular formula is C20H23NO. The summed E-state index contributed by atoms with van der Waals surface area (Å²) in [6.07, 6.45) is 1.73. The first-order valence-corrected chi connectivity index (χ1v) is 8.32. The number of benzene rings is 2. The third-order valence-electron chi connectivity index (χ3n) is 5.80. The molecule has 1 heterocycles. The van der Waals surface area contributed by atoms with Crippen LogP contribution in [0.25, 0.3) is 0 Å². The van der Waals surface area contributed by atoms with Crippen molar-refractivity contribution in [3.8, 4) is 0 Å². The molecule has 0 bridgehead atoms. The maximum absolute atomic E-state index is 10.5. The predicted molar refractivity (Wildman–Crippen MR) is 88.8 cm³/mol. The Bertz CT molecular complexity index is 585. The molecular weight excluding hydrogens is 270 g/mol. The fourth-order valence-electron chi connectivity index (χ4n) is 4.77. The molecule has 2 aromatic carbocycles. The lowest BCUT2D eigenvalue weighted by Crippen LogP contribution is -2.48. The predicted octanol–water partition coefficient (Wildman–Crippen LogP) is 2.96. The van der Waals surface area contributed by atoms with Crippen molar-refractivity contribution in [2.45, 2.75) is 24.4 Å². The molecule has 1 aliphatic carbocycles. The van der Waals surface area contributed by atoms with Crippen LogP contribution < -0.4 is 5.32 Å². The van der Waals surface area contributed by atoms with Crippen molar-refractivity contribution in [3.63, 3.8) is 0 Å². The topological polar surface area (TPSA) is 32.3 Å². The molecule has 2 aromatic rings. The second-order valence-electron chi connectivity index (χ2n) is 6.74. The van der Waals surface area contributed by atoms with Gasteiger partial charge in [0, 0.05) is 17.9 Å². The Morgan fingerprint density at radius 1 is 0.864 bits per heavy atom. The molecule has 2 unspecified atom stereocenters. The van der Waals surface area contributed by atoms with Crippen LogP contribution in [0.4, 0.5) is 0 Å². The number of fused-ring (bicyclic) bond motifs is 1. The summed E-state index contributed by atoms with van der Waals surface area (Å²) >= 11 is 0. The van der Waals surface area contributed by atoms with E-state index in [1.165, 1.54) is 11.1 Å². The van der Waals surface area contributed by atoms with E-state index in [-0.39, 0.29) is 11.5 Å². The average Bonchev–Trinajstić information content (AvgIpc) is 3.08. The van der Waals surface area contributed by atoms with Crippen LogP contribution in [0.15, 0.2) is 60.7 Å². The Hall–Kier alpha value is -1.64. The van der Waals surface area contributed by atoms with Crippen molar-refractivity contribution in [2.24, 2.45) is 11.8 Å². The summed E-state index contributed by atoms with van der Waals surface area (Å²) in [6, 6.07) is 21.8. The second-order valence-corrected chi connectivity index (χ2v) is 6.74. The molecule has 3 atom stereocenters. The van der Waals surface area contributed by atoms with E-state index in [0.29, 0.717) is 11.8 Å². The largest absolute Gasteiger partial charge is 0.393 e. The molecule has 22 heavy (non-hydrogen) atoms. The van der Waals surface area contributed by atoms with Crippen LogP contribution in [0.1, 0.15) is 24.0 Å². The molecule has 2 aliphatic rings. The lowest BCUT2D eigenvalue weighted by molar-refractivity contribution is 0.0238. The Balaban J connectivity index is 1.90. The zero-order chi connectivity index (χ0) is 15.0. The van der Waals surface area contributed by atoms with Gasteiger partial charge in [0.1, 0.15) is 0 Å². The summed E-state index contributed by atoms with van der Waals surface area (Å²) in [4.78, 5) is 0. The van der Waals surface area contributed by atoms with Crippen molar-refractivity contribution in [2.75, 3.05) is 13.1 Å². The molecule has 2 fully saturated rings. The SMILES string of the molecule is OC1CCC(c2ccccc2)(c2ccccc2)[C@@H]2CNCC12. The highest BCUT2D eigenvalue weighted by Gasteiger charge is 2.52. The zero-order valence-electron chi connectivity index (χ0n) is 12.8. The van der Waals surface area contributed by atoms with E-state index in [4.69, 9.17) is 0 Å². The number of hydrogen-bond donors (Lipinski definition) is 2. The van der Waals surface area contributed by atoms with Gasteiger partial charge in [-0.15, -0.1) is 0 Å². The van der Waals surface area contributed by atoms with Gasteiger partial charge in [-0.1, -0.05) is 60.7 Å². The van der Waals surface area contributed by atoms with Crippen LogP contribution in [0.3, 0.4) is 0 Å². The summed E-state index contributed by atoms with van der Waals surface area (Å²) < 4.78 is 0. The summed E-state index contributed by atoms with van der Waals surface area (Å²) in [5, 5.41) is 14.0. The third kappa shape index (κ3) is 2.02. The Morgan fingerprint density at radius 2 is 1.45 bits per heavy atom. The summed E-state index contributed by atoms with van der Waals surface area (Å²) in [5.74, 6) is 0.815. The Kier molecular flexibility index (Phi) is 3.51. The molecule has 114 valence electrons. The molecule has 2 N–H and O–H groups in total. The number of hydrogen-bond acceptors (Lipinski definition) is 2. The highest BCUT2D eigenvalue weighted by Crippen LogP contribution is 2.51. The van der Waals surface area contributed by atoms with Crippen molar-refractivity contribution >= 4 is 0 Å². The number of aliphatic hydroxyl groups excluding tert-OH is 1. The number of rotatable bonds is 2. The van der Waals surface area contributed by atoms with E-state index in [2.05, 4.69) is 66.0 Å². The van der Waals surface area contributed by atoms with Crippen molar-refractivity contribution in [3.05, 3.63) is 71.8 Å². The van der Waals surface area contributed by atoms with Gasteiger partial charge in [-0.2, -0.15) is 0 Å². The summed E-state index contributed by atoms with van der Waals surface area (Å²) in [6.45, 7) is 1.93. The van der Waals surface area contributed by atoms with Gasteiger partial charge in [0.25, 0.3) is 0 Å². The fourth-order valence-corrected chi connectivity index (χ4v) is 4.77. The van der Waals surface area contributed by atoms with E-state index in [0.717, 1.165) is 25.9 Å². The molecule has 1 saturated heterocycles. The van der Waals surface area contributed by atoms with Crippen molar-refractivity contribution in [1.29, 1.82) is 0 Å². The minimum Gasteiger partial charge on any atom is -0.393 e. The van der Waals surface area contributed by atoms with Crippen LogP contribution in [0.2, 0.25) is 0 Å². The lowest BCUT2D eigenvalue weighted by Gasteiger charge is -2.48. The first-order chi connectivity index (χ1) is 10.8. The van der Waals surface area contributed by atoms with E-state index < -0.39 is 0 Å². The summed E-state index contributed by atoms with van der Waals surface area (Å²) in [5.41, 5.74) is 2.81. The monoisotopic (exact) mass is 293 g/mol. The van der Waals surface area contributed by atoms with E-state index in [9.17, 15) is 5.11 Å². The Morgan fingerprint density at radius 3 is 2.05 bits per heavy atom. The van der Waals surface area contributed by atoms with Gasteiger partial charge in [-0.3, -0.25) is 0 Å². The molecule has 0 aromatic heterocycles. The second kappa shape index (κ2) is 5.53. The molecule has 0 spiro atoms. The smallest absolute Gasteiger partial charge is 0.0584 e. The maximum Gasteiger partial charge on any atom is 0.0584 e. The zero-order valence-corrected chi connectivity index (χ0v) is 12.8. The minimum absolute atomic E-state index is 0.0237. The molecule has 2 nitrogen and oxygen atoms in total. The number of nitrogens with one attached hydrogen (secondary N) is 1. The minimum atomic E-state index is -0.166. The lowest BCUT2D eigenvalue weighted by atomic mass is 9.56. The van der Waals surface area contributed by atoms with Crippen LogP contribution in [0.5, 0.6) is 0 Å². The molecule has 2 heteroatoms. The van der Waals surface area contributed by atoms with E-state index >= 15 is 0 Å².